The average molecular weight is 291 g/mol. The molecule has 1 saturated heterocycles. The van der Waals surface area contributed by atoms with Crippen LogP contribution in [0.25, 0.3) is 0 Å². The van der Waals surface area contributed by atoms with Gasteiger partial charge in [0.15, 0.2) is 0 Å². The molecule has 1 aromatic carbocycles. The highest BCUT2D eigenvalue weighted by Crippen LogP contribution is 2.38. The Morgan fingerprint density at radius 2 is 2.00 bits per heavy atom. The fourth-order valence-electron chi connectivity index (χ4n) is 3.77. The maximum Gasteiger partial charge on any atom is 0.0450 e. The van der Waals surface area contributed by atoms with E-state index < -0.39 is 0 Å². The van der Waals surface area contributed by atoms with Crippen LogP contribution < -0.4 is 5.32 Å². The molecule has 1 heterocycles. The molecule has 2 aliphatic rings. The van der Waals surface area contributed by atoms with Crippen molar-refractivity contribution in [3.8, 4) is 0 Å². The standard InChI is InChI=1S/C17H23ClN2/c18-11-6-12-20-13-16(15-7-2-1-3-8-15)19-14-17(20)9-4-5-10-17/h1-3,6-8,11,16,19H,4-5,9-10,12-14H2/b11-6+. The minimum Gasteiger partial charge on any atom is -0.307 e. The molecule has 20 heavy (non-hydrogen) atoms. The summed E-state index contributed by atoms with van der Waals surface area (Å²) in [5.41, 5.74) is 3.41. The maximum atomic E-state index is 5.75. The molecule has 1 saturated carbocycles. The largest absolute Gasteiger partial charge is 0.307 e. The van der Waals surface area contributed by atoms with Crippen molar-refractivity contribution in [2.45, 2.75) is 37.3 Å². The highest BCUT2D eigenvalue weighted by atomic mass is 35.5. The van der Waals surface area contributed by atoms with E-state index in [1.54, 1.807) is 5.54 Å². The number of nitrogens with one attached hydrogen (secondary N) is 1. The maximum absolute atomic E-state index is 5.75. The number of halogens is 1. The van der Waals surface area contributed by atoms with Gasteiger partial charge in [-0.3, -0.25) is 4.90 Å². The smallest absolute Gasteiger partial charge is 0.0450 e. The zero-order valence-corrected chi connectivity index (χ0v) is 12.6. The third kappa shape index (κ3) is 2.78. The van der Waals surface area contributed by atoms with Crippen molar-refractivity contribution in [2.75, 3.05) is 19.6 Å². The van der Waals surface area contributed by atoms with E-state index in [-0.39, 0.29) is 0 Å². The quantitative estimate of drug-likeness (QED) is 0.913. The predicted molar refractivity (Wildman–Crippen MR) is 85.0 cm³/mol. The normalized spacial score (nSPS) is 26.6. The molecule has 1 aromatic rings. The summed E-state index contributed by atoms with van der Waals surface area (Å²) in [6, 6.07) is 11.2. The average Bonchev–Trinajstić information content (AvgIpc) is 2.97. The van der Waals surface area contributed by atoms with E-state index in [9.17, 15) is 0 Å². The summed E-state index contributed by atoms with van der Waals surface area (Å²) >= 11 is 5.75. The van der Waals surface area contributed by atoms with Crippen LogP contribution in [0.5, 0.6) is 0 Å². The highest BCUT2D eigenvalue weighted by molar-refractivity contribution is 6.25. The Balaban J connectivity index is 1.77. The first-order valence-corrected chi connectivity index (χ1v) is 8.06. The second kappa shape index (κ2) is 6.30. The van der Waals surface area contributed by atoms with Crippen molar-refractivity contribution < 1.29 is 0 Å². The van der Waals surface area contributed by atoms with Crippen LogP contribution in [0.4, 0.5) is 0 Å². The predicted octanol–water partition coefficient (Wildman–Crippen LogP) is 3.70. The van der Waals surface area contributed by atoms with Crippen LogP contribution in [-0.4, -0.2) is 30.1 Å². The molecule has 0 amide bonds. The van der Waals surface area contributed by atoms with Crippen LogP contribution in [0.1, 0.15) is 37.3 Å². The topological polar surface area (TPSA) is 15.3 Å². The number of piperazine rings is 1. The van der Waals surface area contributed by atoms with Crippen LogP contribution in [-0.2, 0) is 0 Å². The Hall–Kier alpha value is -0.830. The van der Waals surface area contributed by atoms with Crippen molar-refractivity contribution in [3.63, 3.8) is 0 Å². The van der Waals surface area contributed by atoms with Crippen molar-refractivity contribution in [1.29, 1.82) is 0 Å². The molecule has 1 N–H and O–H groups in total. The van der Waals surface area contributed by atoms with Crippen molar-refractivity contribution >= 4 is 11.6 Å². The fraction of sp³-hybridized carbons (Fsp3) is 0.529. The Kier molecular flexibility index (Phi) is 4.45. The Labute approximate surface area is 126 Å². The van der Waals surface area contributed by atoms with Gasteiger partial charge < -0.3 is 5.32 Å². The van der Waals surface area contributed by atoms with Gasteiger partial charge in [-0.25, -0.2) is 0 Å². The van der Waals surface area contributed by atoms with Gasteiger partial charge in [0.2, 0.25) is 0 Å². The Morgan fingerprint density at radius 3 is 2.70 bits per heavy atom. The molecule has 1 aliphatic carbocycles. The zero-order chi connectivity index (χ0) is 13.8. The number of hydrogen-bond acceptors (Lipinski definition) is 2. The van der Waals surface area contributed by atoms with Crippen LogP contribution >= 0.6 is 11.6 Å². The lowest BCUT2D eigenvalue weighted by Crippen LogP contribution is -2.60. The van der Waals surface area contributed by atoms with Gasteiger partial charge in [-0.2, -0.15) is 0 Å². The van der Waals surface area contributed by atoms with E-state index in [4.69, 9.17) is 11.6 Å². The number of hydrogen-bond donors (Lipinski definition) is 1. The van der Waals surface area contributed by atoms with Gasteiger partial charge in [0.05, 0.1) is 0 Å². The summed E-state index contributed by atoms with van der Waals surface area (Å²) in [6.45, 7) is 3.14. The minimum atomic E-state index is 0.363. The van der Waals surface area contributed by atoms with Gasteiger partial charge in [0, 0.05) is 36.8 Å². The summed E-state index contributed by atoms with van der Waals surface area (Å²) in [4.78, 5) is 2.65. The van der Waals surface area contributed by atoms with Gasteiger partial charge in [-0.15, -0.1) is 0 Å². The second-order valence-electron chi connectivity index (χ2n) is 6.04. The first-order chi connectivity index (χ1) is 9.84. The van der Waals surface area contributed by atoms with E-state index >= 15 is 0 Å². The molecule has 1 unspecified atom stereocenters. The lowest BCUT2D eigenvalue weighted by molar-refractivity contribution is 0.0540. The van der Waals surface area contributed by atoms with Crippen molar-refractivity contribution in [2.24, 2.45) is 0 Å². The highest BCUT2D eigenvalue weighted by Gasteiger charge is 2.43. The van der Waals surface area contributed by atoms with E-state index in [2.05, 4.69) is 46.6 Å². The van der Waals surface area contributed by atoms with E-state index in [1.807, 2.05) is 0 Å². The number of nitrogens with zero attached hydrogens (tertiary/aromatic N) is 1. The summed E-state index contributed by atoms with van der Waals surface area (Å²) in [7, 11) is 0. The molecule has 1 atom stereocenters. The molecule has 108 valence electrons. The third-order valence-corrected chi connectivity index (χ3v) is 5.08. The van der Waals surface area contributed by atoms with Crippen LogP contribution in [0.2, 0.25) is 0 Å². The van der Waals surface area contributed by atoms with E-state index in [0.29, 0.717) is 11.6 Å². The van der Waals surface area contributed by atoms with Crippen LogP contribution in [0, 0.1) is 0 Å². The summed E-state index contributed by atoms with van der Waals surface area (Å²) in [5.74, 6) is 0. The van der Waals surface area contributed by atoms with Crippen molar-refractivity contribution in [3.05, 3.63) is 47.5 Å². The van der Waals surface area contributed by atoms with Crippen LogP contribution in [0.3, 0.4) is 0 Å². The summed E-state index contributed by atoms with van der Waals surface area (Å²) < 4.78 is 0. The monoisotopic (exact) mass is 290 g/mol. The Morgan fingerprint density at radius 1 is 1.25 bits per heavy atom. The van der Waals surface area contributed by atoms with Crippen molar-refractivity contribution in [1.82, 2.24) is 10.2 Å². The molecule has 1 spiro atoms. The van der Waals surface area contributed by atoms with Gasteiger partial charge in [-0.05, 0) is 18.4 Å². The van der Waals surface area contributed by atoms with Gasteiger partial charge in [0.1, 0.15) is 0 Å². The first-order valence-electron chi connectivity index (χ1n) is 7.63. The molecule has 3 heteroatoms. The van der Waals surface area contributed by atoms with E-state index in [1.165, 1.54) is 31.2 Å². The van der Waals surface area contributed by atoms with Gasteiger partial charge in [-0.1, -0.05) is 60.9 Å². The molecule has 0 aromatic heterocycles. The molecule has 0 radical (unpaired) electrons. The molecule has 0 bridgehead atoms. The SMILES string of the molecule is Cl/C=C/CN1CC(c2ccccc2)NCC12CCCC2. The molecular weight excluding hydrogens is 268 g/mol. The second-order valence-corrected chi connectivity index (χ2v) is 6.29. The van der Waals surface area contributed by atoms with E-state index in [0.717, 1.165) is 19.6 Å². The first kappa shape index (κ1) is 14.1. The molecule has 3 rings (SSSR count). The molecule has 1 aliphatic heterocycles. The third-order valence-electron chi connectivity index (χ3n) is 4.90. The van der Waals surface area contributed by atoms with Gasteiger partial charge in [0.25, 0.3) is 0 Å². The molecular formula is C17H23ClN2. The van der Waals surface area contributed by atoms with Gasteiger partial charge >= 0.3 is 0 Å². The lowest BCUT2D eigenvalue weighted by Gasteiger charge is -2.48. The number of rotatable bonds is 3. The Bertz CT molecular complexity index is 451. The fourth-order valence-corrected chi connectivity index (χ4v) is 3.85. The molecule has 2 fully saturated rings. The zero-order valence-electron chi connectivity index (χ0n) is 11.9. The summed E-state index contributed by atoms with van der Waals surface area (Å²) in [6.07, 6.45) is 7.43. The number of benzene rings is 1. The lowest BCUT2D eigenvalue weighted by atomic mass is 9.89. The minimum absolute atomic E-state index is 0.363. The molecule has 2 nitrogen and oxygen atoms in total. The summed E-state index contributed by atoms with van der Waals surface area (Å²) in [5, 5.41) is 3.78. The van der Waals surface area contributed by atoms with Crippen LogP contribution in [0.15, 0.2) is 41.9 Å².